The van der Waals surface area contributed by atoms with Crippen LogP contribution in [0.3, 0.4) is 0 Å². The highest BCUT2D eigenvalue weighted by Gasteiger charge is 2.30. The Labute approximate surface area is 95.1 Å². The third-order valence-corrected chi connectivity index (χ3v) is 3.28. The van der Waals surface area contributed by atoms with Gasteiger partial charge in [-0.2, -0.15) is 0 Å². The molecular weight excluding hydrogens is 208 g/mol. The van der Waals surface area contributed by atoms with Gasteiger partial charge < -0.3 is 9.64 Å². The van der Waals surface area contributed by atoms with E-state index in [4.69, 9.17) is 4.74 Å². The van der Waals surface area contributed by atoms with E-state index in [-0.39, 0.29) is 17.9 Å². The van der Waals surface area contributed by atoms with Crippen molar-refractivity contribution in [2.24, 2.45) is 11.8 Å². The fourth-order valence-corrected chi connectivity index (χ4v) is 2.20. The lowest BCUT2D eigenvalue weighted by molar-refractivity contribution is -0.125. The zero-order valence-electron chi connectivity index (χ0n) is 9.57. The second-order valence-electron chi connectivity index (χ2n) is 4.66. The number of hydrogen-bond acceptors (Lipinski definition) is 3. The Bertz CT molecular complexity index is 287. The molecule has 0 bridgehead atoms. The van der Waals surface area contributed by atoms with Crippen molar-refractivity contribution in [1.29, 1.82) is 0 Å². The standard InChI is InChI=1S/C11H18N2O3/c1-8-6-13(11(15)12-10(8)14)7-9-2-4-16-5-3-9/h8-9H,2-7H2,1H3,(H,12,14,15). The van der Waals surface area contributed by atoms with E-state index in [9.17, 15) is 9.59 Å². The lowest BCUT2D eigenvalue weighted by Gasteiger charge is -2.34. The Balaban J connectivity index is 1.88. The van der Waals surface area contributed by atoms with Crippen LogP contribution in [0.15, 0.2) is 0 Å². The summed E-state index contributed by atoms with van der Waals surface area (Å²) in [5.74, 6) is 0.255. The van der Waals surface area contributed by atoms with Crippen LogP contribution in [-0.4, -0.2) is 43.1 Å². The van der Waals surface area contributed by atoms with Crippen molar-refractivity contribution in [3.8, 4) is 0 Å². The maximum absolute atomic E-state index is 11.6. The van der Waals surface area contributed by atoms with Gasteiger partial charge in [0.15, 0.2) is 0 Å². The van der Waals surface area contributed by atoms with Gasteiger partial charge in [0.05, 0.1) is 5.92 Å². The molecule has 1 atom stereocenters. The molecule has 90 valence electrons. The molecule has 2 fully saturated rings. The molecule has 0 spiro atoms. The number of ether oxygens (including phenoxy) is 1. The molecule has 2 aliphatic rings. The molecule has 2 heterocycles. The largest absolute Gasteiger partial charge is 0.381 e. The third kappa shape index (κ3) is 2.52. The van der Waals surface area contributed by atoms with Gasteiger partial charge >= 0.3 is 6.03 Å². The fraction of sp³-hybridized carbons (Fsp3) is 0.818. The minimum atomic E-state index is -0.241. The van der Waals surface area contributed by atoms with E-state index in [0.29, 0.717) is 12.5 Å². The lowest BCUT2D eigenvalue weighted by atomic mass is 9.98. The molecule has 1 unspecified atom stereocenters. The molecule has 5 nitrogen and oxygen atoms in total. The molecule has 0 aromatic rings. The highest BCUT2D eigenvalue weighted by molar-refractivity contribution is 5.97. The number of hydrogen-bond donors (Lipinski definition) is 1. The van der Waals surface area contributed by atoms with Gasteiger partial charge in [-0.15, -0.1) is 0 Å². The lowest BCUT2D eigenvalue weighted by Crippen LogP contribution is -2.55. The van der Waals surface area contributed by atoms with Crippen LogP contribution >= 0.6 is 0 Å². The van der Waals surface area contributed by atoms with Crippen molar-refractivity contribution in [2.75, 3.05) is 26.3 Å². The van der Waals surface area contributed by atoms with Gasteiger partial charge in [0.1, 0.15) is 0 Å². The first-order valence-electron chi connectivity index (χ1n) is 5.84. The van der Waals surface area contributed by atoms with Gasteiger partial charge in [-0.3, -0.25) is 10.1 Å². The number of amides is 3. The molecule has 1 N–H and O–H groups in total. The predicted octanol–water partition coefficient (Wildman–Crippen LogP) is 0.601. The van der Waals surface area contributed by atoms with E-state index in [1.54, 1.807) is 4.90 Å². The van der Waals surface area contributed by atoms with Crippen LogP contribution in [0.4, 0.5) is 4.79 Å². The smallest absolute Gasteiger partial charge is 0.324 e. The molecule has 0 aromatic heterocycles. The first kappa shape index (κ1) is 11.4. The Hall–Kier alpha value is -1.10. The number of imide groups is 1. The minimum Gasteiger partial charge on any atom is -0.381 e. The number of rotatable bonds is 2. The van der Waals surface area contributed by atoms with Gasteiger partial charge in [0.25, 0.3) is 0 Å². The Morgan fingerprint density at radius 3 is 2.75 bits per heavy atom. The Morgan fingerprint density at radius 1 is 1.38 bits per heavy atom. The molecule has 3 amide bonds. The van der Waals surface area contributed by atoms with Crippen molar-refractivity contribution in [3.05, 3.63) is 0 Å². The van der Waals surface area contributed by atoms with Crippen molar-refractivity contribution >= 4 is 11.9 Å². The SMILES string of the molecule is CC1CN(CC2CCOCC2)C(=O)NC1=O. The molecule has 0 aromatic carbocycles. The molecule has 0 radical (unpaired) electrons. The summed E-state index contributed by atoms with van der Waals surface area (Å²) in [4.78, 5) is 24.6. The molecule has 2 saturated heterocycles. The van der Waals surface area contributed by atoms with Crippen molar-refractivity contribution in [1.82, 2.24) is 10.2 Å². The maximum Gasteiger partial charge on any atom is 0.324 e. The number of urea groups is 1. The van der Waals surface area contributed by atoms with E-state index < -0.39 is 0 Å². The normalized spacial score (nSPS) is 28.1. The zero-order chi connectivity index (χ0) is 11.5. The summed E-state index contributed by atoms with van der Waals surface area (Å²) < 4.78 is 5.28. The fourth-order valence-electron chi connectivity index (χ4n) is 2.20. The molecule has 0 saturated carbocycles. The minimum absolute atomic E-state index is 0.0995. The summed E-state index contributed by atoms with van der Waals surface area (Å²) in [5, 5.41) is 2.39. The van der Waals surface area contributed by atoms with Crippen LogP contribution in [-0.2, 0) is 9.53 Å². The third-order valence-electron chi connectivity index (χ3n) is 3.28. The summed E-state index contributed by atoms with van der Waals surface area (Å²) in [6, 6.07) is -0.241. The van der Waals surface area contributed by atoms with E-state index in [2.05, 4.69) is 5.32 Å². The predicted molar refractivity (Wildman–Crippen MR) is 57.8 cm³/mol. The van der Waals surface area contributed by atoms with Crippen LogP contribution < -0.4 is 5.32 Å². The van der Waals surface area contributed by atoms with Gasteiger partial charge in [-0.05, 0) is 18.8 Å². The quantitative estimate of drug-likeness (QED) is 0.750. The topological polar surface area (TPSA) is 58.6 Å². The van der Waals surface area contributed by atoms with Crippen LogP contribution in [0.25, 0.3) is 0 Å². The van der Waals surface area contributed by atoms with Crippen molar-refractivity contribution in [3.63, 3.8) is 0 Å². The van der Waals surface area contributed by atoms with Crippen LogP contribution in [0.2, 0.25) is 0 Å². The second-order valence-corrected chi connectivity index (χ2v) is 4.66. The van der Waals surface area contributed by atoms with E-state index >= 15 is 0 Å². The summed E-state index contributed by atoms with van der Waals surface area (Å²) in [6.07, 6.45) is 2.01. The van der Waals surface area contributed by atoms with Gasteiger partial charge in [0.2, 0.25) is 5.91 Å². The van der Waals surface area contributed by atoms with E-state index in [0.717, 1.165) is 32.6 Å². The van der Waals surface area contributed by atoms with Crippen molar-refractivity contribution in [2.45, 2.75) is 19.8 Å². The highest BCUT2D eigenvalue weighted by Crippen LogP contribution is 2.18. The summed E-state index contributed by atoms with van der Waals surface area (Å²) in [7, 11) is 0. The number of nitrogens with one attached hydrogen (secondary N) is 1. The van der Waals surface area contributed by atoms with Crippen LogP contribution in [0, 0.1) is 11.8 Å². The van der Waals surface area contributed by atoms with Gasteiger partial charge in [-0.25, -0.2) is 4.79 Å². The van der Waals surface area contributed by atoms with E-state index in [1.165, 1.54) is 0 Å². The van der Waals surface area contributed by atoms with Crippen LogP contribution in [0.1, 0.15) is 19.8 Å². The number of nitrogens with zero attached hydrogens (tertiary/aromatic N) is 1. The second kappa shape index (κ2) is 4.82. The first-order valence-corrected chi connectivity index (χ1v) is 5.84. The maximum atomic E-state index is 11.6. The molecule has 0 aliphatic carbocycles. The summed E-state index contributed by atoms with van der Waals surface area (Å²) in [5.41, 5.74) is 0. The van der Waals surface area contributed by atoms with Gasteiger partial charge in [-0.1, -0.05) is 6.92 Å². The number of carbonyl (C=O) groups excluding carboxylic acids is 2. The summed E-state index contributed by atoms with van der Waals surface area (Å²) in [6.45, 7) is 4.71. The zero-order valence-corrected chi connectivity index (χ0v) is 9.57. The monoisotopic (exact) mass is 226 g/mol. The number of carbonyl (C=O) groups is 2. The van der Waals surface area contributed by atoms with Crippen molar-refractivity contribution < 1.29 is 14.3 Å². The van der Waals surface area contributed by atoms with Gasteiger partial charge in [0, 0.05) is 26.3 Å². The van der Waals surface area contributed by atoms with Crippen LogP contribution in [0.5, 0.6) is 0 Å². The highest BCUT2D eigenvalue weighted by atomic mass is 16.5. The Kier molecular flexibility index (Phi) is 3.43. The Morgan fingerprint density at radius 2 is 2.06 bits per heavy atom. The first-order chi connectivity index (χ1) is 7.66. The average molecular weight is 226 g/mol. The average Bonchev–Trinajstić information content (AvgIpc) is 2.27. The van der Waals surface area contributed by atoms with E-state index in [1.807, 2.05) is 6.92 Å². The molecule has 2 rings (SSSR count). The summed E-state index contributed by atoms with van der Waals surface area (Å²) >= 11 is 0. The molecule has 5 heteroatoms. The molecule has 2 aliphatic heterocycles. The molecule has 16 heavy (non-hydrogen) atoms. The molecular formula is C11H18N2O3.